The molecular formula is C12H23N5O. The van der Waals surface area contributed by atoms with Gasteiger partial charge in [-0.05, 0) is 11.8 Å². The first-order chi connectivity index (χ1) is 8.50. The van der Waals surface area contributed by atoms with Crippen LogP contribution in [0, 0.1) is 5.41 Å². The molecule has 0 aromatic carbocycles. The first kappa shape index (κ1) is 14.7. The molecule has 0 aliphatic rings. The predicted molar refractivity (Wildman–Crippen MR) is 73.2 cm³/mol. The summed E-state index contributed by atoms with van der Waals surface area (Å²) in [4.78, 5) is 8.61. The number of nitrogens with two attached hydrogens (primary N) is 1. The molecule has 0 atom stereocenters. The van der Waals surface area contributed by atoms with Crippen LogP contribution in [0.25, 0.3) is 0 Å². The van der Waals surface area contributed by atoms with Gasteiger partial charge in [-0.15, -0.1) is 0 Å². The molecule has 5 N–H and O–H groups in total. The molecule has 0 radical (unpaired) electrons. The molecule has 18 heavy (non-hydrogen) atoms. The van der Waals surface area contributed by atoms with Gasteiger partial charge in [0.05, 0.1) is 0 Å². The Bertz CT molecular complexity index is 358. The molecule has 1 aromatic heterocycles. The van der Waals surface area contributed by atoms with E-state index in [2.05, 4.69) is 34.6 Å². The lowest BCUT2D eigenvalue weighted by atomic mass is 9.90. The molecule has 1 aromatic rings. The molecular weight excluding hydrogens is 230 g/mol. The highest BCUT2D eigenvalue weighted by molar-refractivity contribution is 5.46. The number of hydrogen-bond acceptors (Lipinski definition) is 6. The number of hydrogen-bond donors (Lipinski definition) is 4. The fourth-order valence-corrected chi connectivity index (χ4v) is 1.54. The fraction of sp³-hybridized carbons (Fsp3) is 0.667. The maximum absolute atomic E-state index is 8.98. The van der Waals surface area contributed by atoms with Crippen LogP contribution in [-0.4, -0.2) is 28.2 Å². The highest BCUT2D eigenvalue weighted by Crippen LogP contribution is 2.20. The number of aromatic nitrogens is 2. The second kappa shape index (κ2) is 6.51. The number of nitrogens with zero attached hydrogens (tertiary/aromatic N) is 2. The Labute approximate surface area is 108 Å². The number of nitrogen functional groups attached to an aromatic ring is 1. The first-order valence-corrected chi connectivity index (χ1v) is 6.20. The van der Waals surface area contributed by atoms with Crippen LogP contribution in [0.5, 0.6) is 0 Å². The van der Waals surface area contributed by atoms with Gasteiger partial charge >= 0.3 is 0 Å². The smallest absolute Gasteiger partial charge is 0.145 e. The van der Waals surface area contributed by atoms with E-state index in [0.717, 1.165) is 31.0 Å². The number of nitrogens with one attached hydrogen (secondary N) is 2. The van der Waals surface area contributed by atoms with Crippen LogP contribution >= 0.6 is 0 Å². The quantitative estimate of drug-likeness (QED) is 0.430. The third kappa shape index (κ3) is 4.46. The topological polar surface area (TPSA) is 96.1 Å². The van der Waals surface area contributed by atoms with Crippen LogP contribution in [0.15, 0.2) is 6.07 Å². The average molecular weight is 253 g/mol. The lowest BCUT2D eigenvalue weighted by Crippen LogP contribution is -2.25. The van der Waals surface area contributed by atoms with Crippen molar-refractivity contribution >= 4 is 11.6 Å². The monoisotopic (exact) mass is 253 g/mol. The summed E-state index contributed by atoms with van der Waals surface area (Å²) in [6.07, 6.45) is 1.50. The second-order valence-electron chi connectivity index (χ2n) is 5.04. The normalized spacial score (nSPS) is 11.4. The zero-order chi connectivity index (χ0) is 13.6. The highest BCUT2D eigenvalue weighted by atomic mass is 16.3. The second-order valence-corrected chi connectivity index (χ2v) is 5.04. The Morgan fingerprint density at radius 1 is 1.33 bits per heavy atom. The Hall–Kier alpha value is -1.40. The summed E-state index contributed by atoms with van der Waals surface area (Å²) in [5, 5.41) is 12.2. The van der Waals surface area contributed by atoms with Crippen LogP contribution in [0.1, 0.15) is 33.0 Å². The van der Waals surface area contributed by atoms with Crippen molar-refractivity contribution in [3.8, 4) is 0 Å². The van der Waals surface area contributed by atoms with E-state index in [1.54, 1.807) is 6.07 Å². The van der Waals surface area contributed by atoms with Crippen molar-refractivity contribution in [2.45, 2.75) is 33.6 Å². The van der Waals surface area contributed by atoms with Gasteiger partial charge in [0.1, 0.15) is 17.5 Å². The van der Waals surface area contributed by atoms with Gasteiger partial charge in [-0.1, -0.05) is 20.8 Å². The highest BCUT2D eigenvalue weighted by Gasteiger charge is 2.17. The number of aliphatic hydroxyl groups excluding tert-OH is 1. The number of aliphatic hydroxyl groups is 1. The SMILES string of the molecule is CCc1nc(NN)cc(NCC(C)(C)CCO)n1. The van der Waals surface area contributed by atoms with Gasteiger partial charge in [0.2, 0.25) is 0 Å². The fourth-order valence-electron chi connectivity index (χ4n) is 1.54. The van der Waals surface area contributed by atoms with Crippen LogP contribution in [-0.2, 0) is 6.42 Å². The van der Waals surface area contributed by atoms with Crippen LogP contribution < -0.4 is 16.6 Å². The zero-order valence-electron chi connectivity index (χ0n) is 11.3. The lowest BCUT2D eigenvalue weighted by molar-refractivity contribution is 0.220. The molecule has 0 aliphatic heterocycles. The maximum Gasteiger partial charge on any atom is 0.145 e. The largest absolute Gasteiger partial charge is 0.396 e. The lowest BCUT2D eigenvalue weighted by Gasteiger charge is -2.24. The molecule has 0 aliphatic carbocycles. The minimum Gasteiger partial charge on any atom is -0.396 e. The van der Waals surface area contributed by atoms with Gasteiger partial charge in [0.25, 0.3) is 0 Å². The molecule has 1 heterocycles. The van der Waals surface area contributed by atoms with E-state index in [4.69, 9.17) is 10.9 Å². The van der Waals surface area contributed by atoms with Gasteiger partial charge in [0, 0.05) is 25.6 Å². The minimum absolute atomic E-state index is 0.0163. The predicted octanol–water partition coefficient (Wildman–Crippen LogP) is 1.15. The number of hydrazine groups is 1. The summed E-state index contributed by atoms with van der Waals surface area (Å²) in [6, 6.07) is 1.77. The zero-order valence-corrected chi connectivity index (χ0v) is 11.3. The molecule has 102 valence electrons. The molecule has 0 unspecified atom stereocenters. The molecule has 6 heteroatoms. The first-order valence-electron chi connectivity index (χ1n) is 6.20. The molecule has 0 spiro atoms. The van der Waals surface area contributed by atoms with Gasteiger partial charge in [-0.3, -0.25) is 0 Å². The van der Waals surface area contributed by atoms with Crippen LogP contribution in [0.4, 0.5) is 11.6 Å². The third-order valence-corrected chi connectivity index (χ3v) is 2.77. The van der Waals surface area contributed by atoms with Crippen molar-refractivity contribution in [2.75, 3.05) is 23.9 Å². The Morgan fingerprint density at radius 2 is 2.00 bits per heavy atom. The van der Waals surface area contributed by atoms with E-state index in [9.17, 15) is 0 Å². The summed E-state index contributed by atoms with van der Waals surface area (Å²) < 4.78 is 0. The van der Waals surface area contributed by atoms with Crippen molar-refractivity contribution in [1.29, 1.82) is 0 Å². The van der Waals surface area contributed by atoms with Gasteiger partial charge < -0.3 is 15.8 Å². The van der Waals surface area contributed by atoms with Crippen molar-refractivity contribution in [1.82, 2.24) is 9.97 Å². The number of anilines is 2. The van der Waals surface area contributed by atoms with Crippen LogP contribution in [0.3, 0.4) is 0 Å². The standard InChI is InChI=1S/C12H23N5O/c1-4-9-15-10(7-11(16-9)17-13)14-8-12(2,3)5-6-18/h7,18H,4-6,8,13H2,1-3H3,(H2,14,15,16,17). The van der Waals surface area contributed by atoms with Crippen molar-refractivity contribution in [2.24, 2.45) is 11.3 Å². The van der Waals surface area contributed by atoms with Crippen molar-refractivity contribution in [3.05, 3.63) is 11.9 Å². The van der Waals surface area contributed by atoms with E-state index in [1.807, 2.05) is 6.92 Å². The third-order valence-electron chi connectivity index (χ3n) is 2.77. The van der Waals surface area contributed by atoms with Gasteiger partial charge in [-0.25, -0.2) is 15.8 Å². The van der Waals surface area contributed by atoms with E-state index in [-0.39, 0.29) is 12.0 Å². The summed E-state index contributed by atoms with van der Waals surface area (Å²) in [6.45, 7) is 7.11. The minimum atomic E-state index is 0.0163. The van der Waals surface area contributed by atoms with E-state index >= 15 is 0 Å². The number of rotatable bonds is 7. The summed E-state index contributed by atoms with van der Waals surface area (Å²) in [5.41, 5.74) is 2.55. The van der Waals surface area contributed by atoms with E-state index in [1.165, 1.54) is 0 Å². The Kier molecular flexibility index (Phi) is 5.30. The average Bonchev–Trinajstić information content (AvgIpc) is 2.36. The van der Waals surface area contributed by atoms with E-state index in [0.29, 0.717) is 5.82 Å². The van der Waals surface area contributed by atoms with Crippen molar-refractivity contribution in [3.63, 3.8) is 0 Å². The summed E-state index contributed by atoms with van der Waals surface area (Å²) in [5.74, 6) is 7.47. The van der Waals surface area contributed by atoms with Crippen molar-refractivity contribution < 1.29 is 5.11 Å². The molecule has 0 saturated heterocycles. The Morgan fingerprint density at radius 3 is 2.56 bits per heavy atom. The summed E-state index contributed by atoms with van der Waals surface area (Å²) in [7, 11) is 0. The van der Waals surface area contributed by atoms with E-state index < -0.39 is 0 Å². The van der Waals surface area contributed by atoms with Gasteiger partial charge in [0.15, 0.2) is 0 Å². The molecule has 1 rings (SSSR count). The molecule has 0 fully saturated rings. The molecule has 0 amide bonds. The maximum atomic E-state index is 8.98. The van der Waals surface area contributed by atoms with Crippen LogP contribution in [0.2, 0.25) is 0 Å². The molecule has 0 saturated carbocycles. The van der Waals surface area contributed by atoms with Gasteiger partial charge in [-0.2, -0.15) is 0 Å². The molecule has 0 bridgehead atoms. The Balaban J connectivity index is 2.72. The number of aryl methyl sites for hydroxylation is 1. The summed E-state index contributed by atoms with van der Waals surface area (Å²) >= 11 is 0. The molecule has 6 nitrogen and oxygen atoms in total.